The van der Waals surface area contributed by atoms with Crippen LogP contribution in [-0.4, -0.2) is 30.7 Å². The number of rotatable bonds is 5. The minimum absolute atomic E-state index is 0.000417. The molecule has 4 nitrogen and oxygen atoms in total. The summed E-state index contributed by atoms with van der Waals surface area (Å²) in [5, 5.41) is 2.97. The maximum atomic E-state index is 11.9. The van der Waals surface area contributed by atoms with Crippen molar-refractivity contribution >= 4 is 5.91 Å². The van der Waals surface area contributed by atoms with Crippen molar-refractivity contribution in [1.82, 2.24) is 5.32 Å². The van der Waals surface area contributed by atoms with E-state index in [-0.39, 0.29) is 24.2 Å². The van der Waals surface area contributed by atoms with E-state index >= 15 is 0 Å². The number of hydrogen-bond donors (Lipinski definition) is 2. The summed E-state index contributed by atoms with van der Waals surface area (Å²) in [6.45, 7) is 6.75. The fourth-order valence-electron chi connectivity index (χ4n) is 2.07. The van der Waals surface area contributed by atoms with Crippen LogP contribution in [0.4, 0.5) is 0 Å². The van der Waals surface area contributed by atoms with Crippen LogP contribution in [0.5, 0.6) is 0 Å². The van der Waals surface area contributed by atoms with Crippen LogP contribution in [0.2, 0.25) is 0 Å². The number of ether oxygens (including phenoxy) is 1. The predicted molar refractivity (Wildman–Crippen MR) is 64.0 cm³/mol. The number of carbonyl (C=O) groups excluding carboxylic acids is 1. The molecule has 3 N–H and O–H groups in total. The largest absolute Gasteiger partial charge is 0.365 e. The van der Waals surface area contributed by atoms with E-state index in [0.717, 1.165) is 19.3 Å². The van der Waals surface area contributed by atoms with Gasteiger partial charge in [0.2, 0.25) is 5.91 Å². The van der Waals surface area contributed by atoms with Gasteiger partial charge in [0.05, 0.1) is 6.10 Å². The Morgan fingerprint density at radius 2 is 2.19 bits per heavy atom. The molecule has 0 spiro atoms. The van der Waals surface area contributed by atoms with Gasteiger partial charge in [0.15, 0.2) is 0 Å². The Bertz CT molecular complexity index is 231. The molecular weight excluding hydrogens is 204 g/mol. The van der Waals surface area contributed by atoms with Crippen LogP contribution in [0.3, 0.4) is 0 Å². The highest BCUT2D eigenvalue weighted by molar-refractivity contribution is 5.81. The molecule has 1 rings (SSSR count). The van der Waals surface area contributed by atoms with E-state index in [9.17, 15) is 4.79 Å². The molecule has 3 unspecified atom stereocenters. The summed E-state index contributed by atoms with van der Waals surface area (Å²) in [6, 6.07) is 0.0759. The molecule has 0 bridgehead atoms. The molecule has 4 heteroatoms. The predicted octanol–water partition coefficient (Wildman–Crippen LogP) is 1.04. The quantitative estimate of drug-likeness (QED) is 0.739. The van der Waals surface area contributed by atoms with Crippen LogP contribution in [0.25, 0.3) is 0 Å². The lowest BCUT2D eigenvalue weighted by atomic mass is 10.0. The summed E-state index contributed by atoms with van der Waals surface area (Å²) >= 11 is 0. The van der Waals surface area contributed by atoms with Crippen molar-refractivity contribution in [3.8, 4) is 0 Å². The molecule has 0 aliphatic carbocycles. The molecule has 16 heavy (non-hydrogen) atoms. The first-order chi connectivity index (χ1) is 7.52. The SMILES string of the molecule is CC(C)CC(CN)NC(=O)C1CCC(C)O1. The van der Waals surface area contributed by atoms with Crippen molar-refractivity contribution in [3.05, 3.63) is 0 Å². The van der Waals surface area contributed by atoms with Crippen LogP contribution in [0.1, 0.15) is 40.0 Å². The second kappa shape index (κ2) is 6.21. The Kier molecular flexibility index (Phi) is 5.22. The highest BCUT2D eigenvalue weighted by Crippen LogP contribution is 2.19. The van der Waals surface area contributed by atoms with Gasteiger partial charge in [0.25, 0.3) is 0 Å². The smallest absolute Gasteiger partial charge is 0.249 e. The molecular formula is C12H24N2O2. The molecule has 0 saturated carbocycles. The monoisotopic (exact) mass is 228 g/mol. The topological polar surface area (TPSA) is 64.3 Å². The molecule has 1 amide bonds. The van der Waals surface area contributed by atoms with Crippen LogP contribution in [0, 0.1) is 5.92 Å². The van der Waals surface area contributed by atoms with Crippen LogP contribution >= 0.6 is 0 Å². The number of hydrogen-bond acceptors (Lipinski definition) is 3. The summed E-state index contributed by atoms with van der Waals surface area (Å²) in [4.78, 5) is 11.9. The fourth-order valence-corrected chi connectivity index (χ4v) is 2.07. The van der Waals surface area contributed by atoms with Gasteiger partial charge in [0, 0.05) is 12.6 Å². The van der Waals surface area contributed by atoms with Gasteiger partial charge < -0.3 is 15.8 Å². The minimum Gasteiger partial charge on any atom is -0.365 e. The van der Waals surface area contributed by atoms with Gasteiger partial charge in [-0.3, -0.25) is 4.79 Å². The van der Waals surface area contributed by atoms with E-state index in [1.54, 1.807) is 0 Å². The second-order valence-electron chi connectivity index (χ2n) is 5.08. The summed E-state index contributed by atoms with van der Waals surface area (Å²) in [5.74, 6) is 0.540. The Morgan fingerprint density at radius 1 is 1.50 bits per heavy atom. The van der Waals surface area contributed by atoms with Crippen molar-refractivity contribution in [3.63, 3.8) is 0 Å². The maximum Gasteiger partial charge on any atom is 0.249 e. The highest BCUT2D eigenvalue weighted by Gasteiger charge is 2.29. The van der Waals surface area contributed by atoms with E-state index in [4.69, 9.17) is 10.5 Å². The van der Waals surface area contributed by atoms with Crippen molar-refractivity contribution < 1.29 is 9.53 Å². The number of nitrogens with two attached hydrogens (primary N) is 1. The Morgan fingerprint density at radius 3 is 2.62 bits per heavy atom. The maximum absolute atomic E-state index is 11.9. The zero-order chi connectivity index (χ0) is 12.1. The molecule has 94 valence electrons. The second-order valence-corrected chi connectivity index (χ2v) is 5.08. The molecule has 1 fully saturated rings. The van der Waals surface area contributed by atoms with Crippen LogP contribution in [-0.2, 0) is 9.53 Å². The first-order valence-electron chi connectivity index (χ1n) is 6.18. The third-order valence-corrected chi connectivity index (χ3v) is 2.91. The molecule has 0 aromatic carbocycles. The first-order valence-corrected chi connectivity index (χ1v) is 6.18. The summed E-state index contributed by atoms with van der Waals surface area (Å²) in [5.41, 5.74) is 5.64. The Balaban J connectivity index is 2.36. The van der Waals surface area contributed by atoms with E-state index in [1.807, 2.05) is 6.92 Å². The minimum atomic E-state index is -0.267. The number of nitrogens with one attached hydrogen (secondary N) is 1. The van der Waals surface area contributed by atoms with E-state index in [2.05, 4.69) is 19.2 Å². The van der Waals surface area contributed by atoms with Gasteiger partial charge in [-0.25, -0.2) is 0 Å². The molecule has 3 atom stereocenters. The standard InChI is InChI=1S/C12H24N2O2/c1-8(2)6-10(7-13)14-12(15)11-5-4-9(3)16-11/h8-11H,4-7,13H2,1-3H3,(H,14,15). The Labute approximate surface area is 97.9 Å². The fraction of sp³-hybridized carbons (Fsp3) is 0.917. The summed E-state index contributed by atoms with van der Waals surface area (Å²) < 4.78 is 5.52. The van der Waals surface area contributed by atoms with Crippen molar-refractivity contribution in [2.75, 3.05) is 6.54 Å². The van der Waals surface area contributed by atoms with E-state index in [0.29, 0.717) is 12.5 Å². The molecule has 0 radical (unpaired) electrons. The lowest BCUT2D eigenvalue weighted by Crippen LogP contribution is -2.45. The highest BCUT2D eigenvalue weighted by atomic mass is 16.5. The van der Waals surface area contributed by atoms with Gasteiger partial charge in [-0.15, -0.1) is 0 Å². The molecule has 0 aromatic rings. The number of carbonyl (C=O) groups is 1. The number of amides is 1. The van der Waals surface area contributed by atoms with Crippen molar-refractivity contribution in [2.45, 2.75) is 58.3 Å². The van der Waals surface area contributed by atoms with E-state index < -0.39 is 0 Å². The average molecular weight is 228 g/mol. The lowest BCUT2D eigenvalue weighted by molar-refractivity contribution is -0.132. The van der Waals surface area contributed by atoms with Gasteiger partial charge in [0.1, 0.15) is 6.10 Å². The van der Waals surface area contributed by atoms with Crippen molar-refractivity contribution in [1.29, 1.82) is 0 Å². The van der Waals surface area contributed by atoms with Crippen molar-refractivity contribution in [2.24, 2.45) is 11.7 Å². The molecule has 1 aliphatic heterocycles. The Hall–Kier alpha value is -0.610. The summed E-state index contributed by atoms with van der Waals surface area (Å²) in [6.07, 6.45) is 2.65. The molecule has 1 saturated heterocycles. The molecule has 1 aliphatic rings. The normalized spacial score (nSPS) is 27.1. The van der Waals surface area contributed by atoms with Gasteiger partial charge in [-0.2, -0.15) is 0 Å². The van der Waals surface area contributed by atoms with Crippen LogP contribution in [0.15, 0.2) is 0 Å². The summed E-state index contributed by atoms with van der Waals surface area (Å²) in [7, 11) is 0. The lowest BCUT2D eigenvalue weighted by Gasteiger charge is -2.21. The molecule has 0 aromatic heterocycles. The van der Waals surface area contributed by atoms with Gasteiger partial charge in [-0.1, -0.05) is 13.8 Å². The third-order valence-electron chi connectivity index (χ3n) is 2.91. The zero-order valence-electron chi connectivity index (χ0n) is 10.5. The third kappa shape index (κ3) is 4.10. The first kappa shape index (κ1) is 13.5. The van der Waals surface area contributed by atoms with Gasteiger partial charge in [-0.05, 0) is 32.1 Å². The van der Waals surface area contributed by atoms with E-state index in [1.165, 1.54) is 0 Å². The van der Waals surface area contributed by atoms with Gasteiger partial charge >= 0.3 is 0 Å². The van der Waals surface area contributed by atoms with Crippen LogP contribution < -0.4 is 11.1 Å². The average Bonchev–Trinajstić information content (AvgIpc) is 2.63. The molecule has 1 heterocycles. The zero-order valence-corrected chi connectivity index (χ0v) is 10.5.